The number of hydrogen-bond donors (Lipinski definition) is 1. The van der Waals surface area contributed by atoms with Gasteiger partial charge in [0, 0.05) is 5.92 Å². The largest absolute Gasteiger partial charge is 0.497 e. The topological polar surface area (TPSA) is 35.2 Å². The fourth-order valence-corrected chi connectivity index (χ4v) is 1.47. The number of rotatable bonds is 5. The molecule has 2 N–H and O–H groups in total. The van der Waals surface area contributed by atoms with Crippen molar-refractivity contribution in [2.45, 2.75) is 18.8 Å². The highest BCUT2D eigenvalue weighted by Gasteiger charge is 2.21. The molecule has 0 bridgehead atoms. The van der Waals surface area contributed by atoms with Crippen molar-refractivity contribution in [1.29, 1.82) is 0 Å². The SMILES string of the molecule is COc1ccc(C(CCN)C(F)F)cc1.Cl. The van der Waals surface area contributed by atoms with E-state index < -0.39 is 12.3 Å². The highest BCUT2D eigenvalue weighted by molar-refractivity contribution is 5.85. The van der Waals surface area contributed by atoms with Crippen LogP contribution >= 0.6 is 12.4 Å². The zero-order valence-corrected chi connectivity index (χ0v) is 9.84. The molecule has 0 spiro atoms. The molecule has 0 amide bonds. The van der Waals surface area contributed by atoms with Crippen LogP contribution in [0, 0.1) is 0 Å². The minimum absolute atomic E-state index is 0. The average molecular weight is 252 g/mol. The predicted molar refractivity (Wildman–Crippen MR) is 62.7 cm³/mol. The monoisotopic (exact) mass is 251 g/mol. The molecule has 0 saturated carbocycles. The van der Waals surface area contributed by atoms with Gasteiger partial charge in [-0.1, -0.05) is 12.1 Å². The summed E-state index contributed by atoms with van der Waals surface area (Å²) in [7, 11) is 1.54. The number of hydrogen-bond acceptors (Lipinski definition) is 2. The average Bonchev–Trinajstić information content (AvgIpc) is 2.26. The van der Waals surface area contributed by atoms with E-state index in [1.54, 1.807) is 31.4 Å². The van der Waals surface area contributed by atoms with Gasteiger partial charge in [-0.15, -0.1) is 12.4 Å². The lowest BCUT2D eigenvalue weighted by molar-refractivity contribution is 0.111. The number of alkyl halides is 2. The zero-order chi connectivity index (χ0) is 11.3. The van der Waals surface area contributed by atoms with Gasteiger partial charge >= 0.3 is 0 Å². The summed E-state index contributed by atoms with van der Waals surface area (Å²) in [6.07, 6.45) is -2.08. The summed E-state index contributed by atoms with van der Waals surface area (Å²) in [6, 6.07) is 6.68. The lowest BCUT2D eigenvalue weighted by atomic mass is 9.96. The van der Waals surface area contributed by atoms with E-state index in [0.29, 0.717) is 17.7 Å². The maximum absolute atomic E-state index is 12.7. The molecule has 0 aromatic heterocycles. The van der Waals surface area contributed by atoms with Crippen LogP contribution in [0.25, 0.3) is 0 Å². The summed E-state index contributed by atoms with van der Waals surface area (Å²) in [5.74, 6) is -0.111. The van der Waals surface area contributed by atoms with Gasteiger partial charge in [-0.2, -0.15) is 0 Å². The fraction of sp³-hybridized carbons (Fsp3) is 0.455. The molecule has 1 aromatic carbocycles. The predicted octanol–water partition coefficient (Wildman–Crippen LogP) is 2.81. The maximum atomic E-state index is 12.7. The first-order valence-corrected chi connectivity index (χ1v) is 4.81. The molecule has 0 aliphatic rings. The summed E-state index contributed by atoms with van der Waals surface area (Å²) >= 11 is 0. The summed E-state index contributed by atoms with van der Waals surface area (Å²) in [4.78, 5) is 0. The van der Waals surface area contributed by atoms with Crippen molar-refractivity contribution in [2.75, 3.05) is 13.7 Å². The molecule has 16 heavy (non-hydrogen) atoms. The molecule has 1 atom stereocenters. The highest BCUT2D eigenvalue weighted by atomic mass is 35.5. The quantitative estimate of drug-likeness (QED) is 0.873. The van der Waals surface area contributed by atoms with Crippen molar-refractivity contribution in [1.82, 2.24) is 0 Å². The summed E-state index contributed by atoms with van der Waals surface area (Å²) in [5, 5.41) is 0. The number of nitrogens with two attached hydrogens (primary N) is 1. The van der Waals surface area contributed by atoms with Crippen LogP contribution in [-0.4, -0.2) is 20.1 Å². The van der Waals surface area contributed by atoms with E-state index in [4.69, 9.17) is 10.5 Å². The van der Waals surface area contributed by atoms with Crippen molar-refractivity contribution in [3.8, 4) is 5.75 Å². The Kier molecular flexibility index (Phi) is 7.01. The van der Waals surface area contributed by atoms with Gasteiger partial charge in [-0.3, -0.25) is 0 Å². The van der Waals surface area contributed by atoms with Crippen LogP contribution in [0.2, 0.25) is 0 Å². The maximum Gasteiger partial charge on any atom is 0.245 e. The molecule has 0 saturated heterocycles. The van der Waals surface area contributed by atoms with Crippen LogP contribution in [-0.2, 0) is 0 Å². The third-order valence-electron chi connectivity index (χ3n) is 2.33. The Morgan fingerprint density at radius 1 is 1.25 bits per heavy atom. The van der Waals surface area contributed by atoms with Crippen molar-refractivity contribution < 1.29 is 13.5 Å². The molecule has 92 valence electrons. The van der Waals surface area contributed by atoms with E-state index >= 15 is 0 Å². The van der Waals surface area contributed by atoms with Gasteiger partial charge in [-0.05, 0) is 30.7 Å². The molecule has 2 nitrogen and oxygen atoms in total. The first-order chi connectivity index (χ1) is 7.19. The van der Waals surface area contributed by atoms with Crippen LogP contribution in [0.5, 0.6) is 5.75 Å². The minimum atomic E-state index is -2.37. The van der Waals surface area contributed by atoms with E-state index in [2.05, 4.69) is 0 Å². The Labute approximate surface area is 100 Å². The van der Waals surface area contributed by atoms with Gasteiger partial charge < -0.3 is 10.5 Å². The molecular weight excluding hydrogens is 236 g/mol. The minimum Gasteiger partial charge on any atom is -0.497 e. The van der Waals surface area contributed by atoms with Gasteiger partial charge in [0.2, 0.25) is 6.43 Å². The number of ether oxygens (including phenoxy) is 1. The van der Waals surface area contributed by atoms with Crippen LogP contribution in [0.15, 0.2) is 24.3 Å². The molecule has 0 aliphatic carbocycles. The summed E-state index contributed by atoms with van der Waals surface area (Å²) in [6.45, 7) is 0.265. The van der Waals surface area contributed by atoms with Crippen LogP contribution in [0.3, 0.4) is 0 Å². The molecular formula is C11H16ClF2NO. The Hall–Kier alpha value is -0.870. The van der Waals surface area contributed by atoms with E-state index in [1.807, 2.05) is 0 Å². The number of benzene rings is 1. The molecule has 0 fully saturated rings. The molecule has 1 aromatic rings. The van der Waals surface area contributed by atoms with E-state index in [0.717, 1.165) is 0 Å². The van der Waals surface area contributed by atoms with Gasteiger partial charge in [-0.25, -0.2) is 8.78 Å². The van der Waals surface area contributed by atoms with Crippen LogP contribution < -0.4 is 10.5 Å². The Balaban J connectivity index is 0.00000225. The first kappa shape index (κ1) is 15.1. The second kappa shape index (κ2) is 7.41. The van der Waals surface area contributed by atoms with Crippen LogP contribution in [0.4, 0.5) is 8.78 Å². The molecule has 0 aliphatic heterocycles. The Bertz CT molecular complexity index is 293. The second-order valence-corrected chi connectivity index (χ2v) is 3.29. The van der Waals surface area contributed by atoms with E-state index in [9.17, 15) is 8.78 Å². The Morgan fingerprint density at radius 3 is 2.19 bits per heavy atom. The van der Waals surface area contributed by atoms with Crippen molar-refractivity contribution in [3.63, 3.8) is 0 Å². The molecule has 1 rings (SSSR count). The number of methoxy groups -OCH3 is 1. The molecule has 0 heterocycles. The lowest BCUT2D eigenvalue weighted by Crippen LogP contribution is -2.14. The highest BCUT2D eigenvalue weighted by Crippen LogP contribution is 2.27. The lowest BCUT2D eigenvalue weighted by Gasteiger charge is -2.15. The normalized spacial score (nSPS) is 12.1. The number of halogens is 3. The van der Waals surface area contributed by atoms with Crippen LogP contribution in [0.1, 0.15) is 17.9 Å². The smallest absolute Gasteiger partial charge is 0.245 e. The second-order valence-electron chi connectivity index (χ2n) is 3.29. The van der Waals surface area contributed by atoms with Crippen molar-refractivity contribution >= 4 is 12.4 Å². The fourth-order valence-electron chi connectivity index (χ4n) is 1.47. The molecule has 0 radical (unpaired) electrons. The Morgan fingerprint density at radius 2 is 1.81 bits per heavy atom. The van der Waals surface area contributed by atoms with Gasteiger partial charge in [0.15, 0.2) is 0 Å². The third kappa shape index (κ3) is 3.94. The van der Waals surface area contributed by atoms with Gasteiger partial charge in [0.25, 0.3) is 0 Å². The third-order valence-corrected chi connectivity index (χ3v) is 2.33. The standard InChI is InChI=1S/C11H15F2NO.ClH/c1-15-9-4-2-8(3-5-9)10(6-7-14)11(12)13;/h2-5,10-11H,6-7,14H2,1H3;1H. The molecule has 1 unspecified atom stereocenters. The van der Waals surface area contributed by atoms with E-state index in [1.165, 1.54) is 0 Å². The van der Waals surface area contributed by atoms with Crippen molar-refractivity contribution in [3.05, 3.63) is 29.8 Å². The van der Waals surface area contributed by atoms with Crippen molar-refractivity contribution in [2.24, 2.45) is 5.73 Å². The first-order valence-electron chi connectivity index (χ1n) is 4.81. The van der Waals surface area contributed by atoms with Gasteiger partial charge in [0.05, 0.1) is 7.11 Å². The molecule has 5 heteroatoms. The summed E-state index contributed by atoms with van der Waals surface area (Å²) < 4.78 is 30.3. The van der Waals surface area contributed by atoms with Gasteiger partial charge in [0.1, 0.15) is 5.75 Å². The zero-order valence-electron chi connectivity index (χ0n) is 9.03. The van der Waals surface area contributed by atoms with E-state index in [-0.39, 0.29) is 19.0 Å². The summed E-state index contributed by atoms with van der Waals surface area (Å²) in [5.41, 5.74) is 5.91.